The molecule has 0 aromatic carbocycles. The highest BCUT2D eigenvalue weighted by molar-refractivity contribution is 5.28. The summed E-state index contributed by atoms with van der Waals surface area (Å²) in [5.74, 6) is 0.763. The van der Waals surface area contributed by atoms with Crippen LogP contribution in [0.25, 0.3) is 0 Å². The van der Waals surface area contributed by atoms with Crippen molar-refractivity contribution in [2.75, 3.05) is 32.2 Å². The smallest absolute Gasteiger partial charge is 0.224 e. The Balaban J connectivity index is 2.43. The molecule has 102 valence electrons. The first-order chi connectivity index (χ1) is 8.63. The number of methoxy groups -OCH3 is 1. The normalized spacial score (nSPS) is 10.9. The van der Waals surface area contributed by atoms with Gasteiger partial charge in [-0.3, -0.25) is 0 Å². The number of ether oxygens (including phenoxy) is 1. The monoisotopic (exact) mass is 252 g/mol. The molecule has 0 bridgehead atoms. The van der Waals surface area contributed by atoms with Crippen LogP contribution in [0.1, 0.15) is 25.8 Å². The zero-order valence-corrected chi connectivity index (χ0v) is 11.8. The van der Waals surface area contributed by atoms with Gasteiger partial charge in [0.15, 0.2) is 0 Å². The number of hydrogen-bond donors (Lipinski definition) is 1. The topological polar surface area (TPSA) is 50.3 Å². The van der Waals surface area contributed by atoms with Crippen molar-refractivity contribution in [3.63, 3.8) is 0 Å². The highest BCUT2D eigenvalue weighted by Gasteiger charge is 2.04. The minimum atomic E-state index is 0.474. The van der Waals surface area contributed by atoms with E-state index in [-0.39, 0.29) is 0 Å². The van der Waals surface area contributed by atoms with Crippen molar-refractivity contribution in [3.8, 4) is 0 Å². The van der Waals surface area contributed by atoms with Crippen molar-refractivity contribution in [3.05, 3.63) is 18.0 Å². The molecule has 0 atom stereocenters. The number of nitrogens with zero attached hydrogens (tertiary/aromatic N) is 3. The highest BCUT2D eigenvalue weighted by Crippen LogP contribution is 2.05. The van der Waals surface area contributed by atoms with E-state index in [9.17, 15) is 0 Å². The van der Waals surface area contributed by atoms with Gasteiger partial charge in [0.2, 0.25) is 5.95 Å². The predicted molar refractivity (Wildman–Crippen MR) is 73.8 cm³/mol. The van der Waals surface area contributed by atoms with Gasteiger partial charge >= 0.3 is 0 Å². The van der Waals surface area contributed by atoms with Gasteiger partial charge in [0.25, 0.3) is 0 Å². The molecule has 0 fully saturated rings. The summed E-state index contributed by atoms with van der Waals surface area (Å²) < 4.78 is 5.03. The number of aromatic nitrogens is 2. The summed E-state index contributed by atoms with van der Waals surface area (Å²) in [6.45, 7) is 6.72. The van der Waals surface area contributed by atoms with E-state index in [1.54, 1.807) is 7.11 Å². The molecule has 1 rings (SSSR count). The molecule has 1 heterocycles. The number of hydrogen-bond acceptors (Lipinski definition) is 5. The van der Waals surface area contributed by atoms with Gasteiger partial charge in [-0.05, 0) is 6.42 Å². The molecule has 1 N–H and O–H groups in total. The van der Waals surface area contributed by atoms with Crippen LogP contribution in [0.3, 0.4) is 0 Å². The molecule has 0 spiro atoms. The Morgan fingerprint density at radius 3 is 2.56 bits per heavy atom. The minimum absolute atomic E-state index is 0.474. The lowest BCUT2D eigenvalue weighted by Gasteiger charge is -2.16. The quantitative estimate of drug-likeness (QED) is 0.710. The maximum atomic E-state index is 5.03. The third-order valence-corrected chi connectivity index (χ3v) is 2.59. The Morgan fingerprint density at radius 2 is 2.00 bits per heavy atom. The Bertz CT molecular complexity index is 326. The van der Waals surface area contributed by atoms with Crippen LogP contribution in [0.4, 0.5) is 5.95 Å². The maximum Gasteiger partial charge on any atom is 0.224 e. The van der Waals surface area contributed by atoms with Crippen LogP contribution >= 0.6 is 0 Å². The average molecular weight is 252 g/mol. The lowest BCUT2D eigenvalue weighted by molar-refractivity contribution is 0.196. The molecule has 0 aliphatic rings. The summed E-state index contributed by atoms with van der Waals surface area (Å²) in [7, 11) is 3.71. The molecule has 5 heteroatoms. The van der Waals surface area contributed by atoms with E-state index in [4.69, 9.17) is 4.74 Å². The molecule has 0 amide bonds. The van der Waals surface area contributed by atoms with Gasteiger partial charge in [-0.25, -0.2) is 9.97 Å². The van der Waals surface area contributed by atoms with Gasteiger partial charge in [0, 0.05) is 57.9 Å². The van der Waals surface area contributed by atoms with Crippen LogP contribution in [0, 0.1) is 0 Å². The molecule has 1 aromatic rings. The lowest BCUT2D eigenvalue weighted by Crippen LogP contribution is -2.23. The van der Waals surface area contributed by atoms with Crippen LogP contribution < -0.4 is 10.2 Å². The summed E-state index contributed by atoms with van der Waals surface area (Å²) in [4.78, 5) is 10.8. The second kappa shape index (κ2) is 8.00. The first kappa shape index (κ1) is 14.9. The molecule has 1 aromatic heterocycles. The fourth-order valence-corrected chi connectivity index (χ4v) is 1.50. The van der Waals surface area contributed by atoms with E-state index < -0.39 is 0 Å². The summed E-state index contributed by atoms with van der Waals surface area (Å²) in [6.07, 6.45) is 4.74. The zero-order valence-electron chi connectivity index (χ0n) is 11.8. The van der Waals surface area contributed by atoms with Crippen molar-refractivity contribution in [1.29, 1.82) is 0 Å². The summed E-state index contributed by atoms with van der Waals surface area (Å²) >= 11 is 0. The van der Waals surface area contributed by atoms with E-state index in [2.05, 4.69) is 29.1 Å². The van der Waals surface area contributed by atoms with Crippen LogP contribution in [-0.4, -0.2) is 43.3 Å². The van der Waals surface area contributed by atoms with Gasteiger partial charge in [-0.15, -0.1) is 0 Å². The molecule has 0 aliphatic heterocycles. The molecule has 0 radical (unpaired) electrons. The largest absolute Gasteiger partial charge is 0.385 e. The van der Waals surface area contributed by atoms with Crippen LogP contribution in [0.15, 0.2) is 12.4 Å². The standard InChI is InChI=1S/C13H24N4O/c1-11(2)14-8-12-9-15-13(16-10-12)17(3)6-5-7-18-4/h9-11,14H,5-8H2,1-4H3. The molecule has 5 nitrogen and oxygen atoms in total. The second-order valence-electron chi connectivity index (χ2n) is 4.69. The van der Waals surface area contributed by atoms with Gasteiger partial charge in [-0.1, -0.05) is 13.8 Å². The van der Waals surface area contributed by atoms with Gasteiger partial charge in [0.05, 0.1) is 0 Å². The van der Waals surface area contributed by atoms with Crippen molar-refractivity contribution >= 4 is 5.95 Å². The fourth-order valence-electron chi connectivity index (χ4n) is 1.50. The van der Waals surface area contributed by atoms with Crippen LogP contribution in [-0.2, 0) is 11.3 Å². The Labute approximate surface area is 110 Å². The van der Waals surface area contributed by atoms with E-state index in [1.165, 1.54) is 0 Å². The summed E-state index contributed by atoms with van der Waals surface area (Å²) in [6, 6.07) is 0.474. The molecular formula is C13H24N4O. The summed E-state index contributed by atoms with van der Waals surface area (Å²) in [5.41, 5.74) is 1.11. The van der Waals surface area contributed by atoms with Crippen LogP contribution in [0.2, 0.25) is 0 Å². The molecule has 18 heavy (non-hydrogen) atoms. The maximum absolute atomic E-state index is 5.03. The first-order valence-corrected chi connectivity index (χ1v) is 6.38. The lowest BCUT2D eigenvalue weighted by atomic mass is 10.3. The Hall–Kier alpha value is -1.20. The van der Waals surface area contributed by atoms with E-state index in [0.717, 1.165) is 37.6 Å². The molecule has 0 saturated carbocycles. The van der Waals surface area contributed by atoms with Crippen molar-refractivity contribution in [2.45, 2.75) is 32.9 Å². The highest BCUT2D eigenvalue weighted by atomic mass is 16.5. The van der Waals surface area contributed by atoms with Crippen LogP contribution in [0.5, 0.6) is 0 Å². The second-order valence-corrected chi connectivity index (χ2v) is 4.69. The van der Waals surface area contributed by atoms with Gasteiger partial charge < -0.3 is 15.0 Å². The van der Waals surface area contributed by atoms with E-state index in [0.29, 0.717) is 6.04 Å². The SMILES string of the molecule is COCCCN(C)c1ncc(CNC(C)C)cn1. The van der Waals surface area contributed by atoms with E-state index in [1.807, 2.05) is 24.3 Å². The Kier molecular flexibility index (Phi) is 6.60. The molecular weight excluding hydrogens is 228 g/mol. The third kappa shape index (κ3) is 5.42. The molecule has 0 unspecified atom stereocenters. The summed E-state index contributed by atoms with van der Waals surface area (Å²) in [5, 5.41) is 3.34. The minimum Gasteiger partial charge on any atom is -0.385 e. The van der Waals surface area contributed by atoms with Gasteiger partial charge in [-0.2, -0.15) is 0 Å². The molecule has 0 aliphatic carbocycles. The number of nitrogens with one attached hydrogen (secondary N) is 1. The van der Waals surface area contributed by atoms with Crippen molar-refractivity contribution in [1.82, 2.24) is 15.3 Å². The first-order valence-electron chi connectivity index (χ1n) is 6.38. The van der Waals surface area contributed by atoms with Crippen molar-refractivity contribution < 1.29 is 4.74 Å². The fraction of sp³-hybridized carbons (Fsp3) is 0.692. The van der Waals surface area contributed by atoms with Crippen molar-refractivity contribution in [2.24, 2.45) is 0 Å². The number of rotatable bonds is 8. The third-order valence-electron chi connectivity index (χ3n) is 2.59. The van der Waals surface area contributed by atoms with E-state index >= 15 is 0 Å². The van der Waals surface area contributed by atoms with Gasteiger partial charge in [0.1, 0.15) is 0 Å². The average Bonchev–Trinajstić information content (AvgIpc) is 2.37. The molecule has 0 saturated heterocycles. The zero-order chi connectivity index (χ0) is 13.4. The Morgan fingerprint density at radius 1 is 1.33 bits per heavy atom. The number of anilines is 1. The predicted octanol–water partition coefficient (Wildman–Crippen LogP) is 1.45.